The number of rotatable bonds is 11. The number of hydrogen-bond acceptors (Lipinski definition) is 13. The van der Waals surface area contributed by atoms with Gasteiger partial charge in [-0.3, -0.25) is 14.4 Å². The molecule has 1 unspecified atom stereocenters. The van der Waals surface area contributed by atoms with Crippen molar-refractivity contribution in [2.75, 3.05) is 27.7 Å². The molecular formula is C44H69N5O10. The van der Waals surface area contributed by atoms with Gasteiger partial charge >= 0.3 is 12.1 Å². The van der Waals surface area contributed by atoms with Crippen molar-refractivity contribution in [1.82, 2.24) is 24.3 Å². The first-order valence-electron chi connectivity index (χ1n) is 21.4. The average Bonchev–Trinajstić information content (AvgIpc) is 3.77. The van der Waals surface area contributed by atoms with E-state index in [0.717, 1.165) is 11.2 Å². The van der Waals surface area contributed by atoms with Crippen molar-refractivity contribution in [1.29, 1.82) is 0 Å². The Kier molecular flexibility index (Phi) is 14.4. The maximum absolute atomic E-state index is 14.9. The number of esters is 1. The van der Waals surface area contributed by atoms with E-state index >= 15 is 0 Å². The molecule has 1 amide bonds. The van der Waals surface area contributed by atoms with Gasteiger partial charge in [0.1, 0.15) is 29.4 Å². The number of fused-ring (bicyclic) bond motifs is 2. The topological polar surface area (TPSA) is 172 Å². The molecule has 3 aliphatic heterocycles. The van der Waals surface area contributed by atoms with Gasteiger partial charge in [0.15, 0.2) is 23.3 Å². The Morgan fingerprint density at radius 1 is 1.03 bits per heavy atom. The Morgan fingerprint density at radius 2 is 1.73 bits per heavy atom. The van der Waals surface area contributed by atoms with Gasteiger partial charge in [-0.05, 0) is 99.4 Å². The second kappa shape index (κ2) is 18.2. The van der Waals surface area contributed by atoms with Gasteiger partial charge in [0.25, 0.3) is 0 Å². The number of hydrogen-bond donors (Lipinski definition) is 1. The average molecular weight is 828 g/mol. The summed E-state index contributed by atoms with van der Waals surface area (Å²) in [5, 5.41) is 11.5. The smallest absolute Gasteiger partial charge is 0.410 e. The Labute approximate surface area is 349 Å². The Balaban J connectivity index is 1.51. The second-order valence-corrected chi connectivity index (χ2v) is 18.4. The van der Waals surface area contributed by atoms with Crippen LogP contribution in [0.15, 0.2) is 24.7 Å². The highest BCUT2D eigenvalue weighted by molar-refractivity contribution is 6.00. The fraction of sp³-hybridized carbons (Fsp3) is 0.773. The second-order valence-electron chi connectivity index (χ2n) is 18.4. The molecular weight excluding hydrogens is 759 g/mol. The van der Waals surface area contributed by atoms with E-state index < -0.39 is 88.9 Å². The monoisotopic (exact) mass is 828 g/mol. The molecule has 3 fully saturated rings. The zero-order valence-corrected chi connectivity index (χ0v) is 37.5. The maximum Gasteiger partial charge on any atom is 0.410 e. The number of ether oxygens (including phenoxy) is 5. The molecule has 2 aromatic rings. The highest BCUT2D eigenvalue weighted by Gasteiger charge is 2.62. The molecule has 1 N–H and O–H groups in total. The number of imidazole rings is 1. The minimum atomic E-state index is -1.38. The van der Waals surface area contributed by atoms with Crippen LogP contribution >= 0.6 is 0 Å². The normalized spacial score (nSPS) is 36.7. The number of pyridine rings is 1. The molecule has 15 heteroatoms. The molecule has 15 nitrogen and oxygen atoms in total. The molecule has 330 valence electrons. The van der Waals surface area contributed by atoms with E-state index in [1.807, 2.05) is 70.3 Å². The summed E-state index contributed by atoms with van der Waals surface area (Å²) >= 11 is 0. The number of ketones is 2. The van der Waals surface area contributed by atoms with Crippen LogP contribution in [0.5, 0.6) is 0 Å². The molecule has 5 rings (SSSR count). The van der Waals surface area contributed by atoms with Crippen LogP contribution in [0, 0.1) is 23.7 Å². The van der Waals surface area contributed by atoms with Crippen LogP contribution in [-0.4, -0.2) is 135 Å². The zero-order chi connectivity index (χ0) is 43.8. The first-order chi connectivity index (χ1) is 27.7. The molecule has 5 heterocycles. The number of aliphatic hydroxyl groups excluding tert-OH is 1. The van der Waals surface area contributed by atoms with Gasteiger partial charge in [0.2, 0.25) is 0 Å². The van der Waals surface area contributed by atoms with Gasteiger partial charge in [0.05, 0.1) is 30.2 Å². The SMILES string of the molecule is CC[C@H]1OC(=O)[C@H](C)C(=O)[C@H](C)[C@@H](OC2O[C@H](C)C[C@H](N(C)C)[C@H]2O)[C@](C)(OC)C[C@@H](C)C(=O)[C@H](C)[C@H]2N(CCCC(C)(C)n3cnc4cccnc43)C(=O)O[C@]12CC. The molecule has 0 radical (unpaired) electrons. The number of amides is 1. The summed E-state index contributed by atoms with van der Waals surface area (Å²) in [6.45, 7) is 18.7. The number of carbonyl (C=O) groups excluding carboxylic acids is 4. The van der Waals surface area contributed by atoms with Gasteiger partial charge < -0.3 is 43.2 Å². The number of aliphatic hydroxyl groups is 1. The molecule has 3 aliphatic rings. The summed E-state index contributed by atoms with van der Waals surface area (Å²) in [6.07, 6.45) is 0.931. The zero-order valence-electron chi connectivity index (χ0n) is 37.5. The van der Waals surface area contributed by atoms with Crippen LogP contribution in [0.4, 0.5) is 4.79 Å². The van der Waals surface area contributed by atoms with E-state index in [4.69, 9.17) is 23.7 Å². The van der Waals surface area contributed by atoms with Crippen molar-refractivity contribution >= 4 is 34.8 Å². The Bertz CT molecular complexity index is 1820. The summed E-state index contributed by atoms with van der Waals surface area (Å²) in [4.78, 5) is 70.2. The van der Waals surface area contributed by atoms with Gasteiger partial charge in [0, 0.05) is 49.2 Å². The Morgan fingerprint density at radius 3 is 2.36 bits per heavy atom. The van der Waals surface area contributed by atoms with Crippen LogP contribution in [0.2, 0.25) is 0 Å². The van der Waals surface area contributed by atoms with Crippen molar-refractivity contribution in [3.05, 3.63) is 24.7 Å². The van der Waals surface area contributed by atoms with Crippen LogP contribution < -0.4 is 0 Å². The molecule has 59 heavy (non-hydrogen) atoms. The minimum absolute atomic E-state index is 0.127. The van der Waals surface area contributed by atoms with E-state index in [1.165, 1.54) is 14.0 Å². The summed E-state index contributed by atoms with van der Waals surface area (Å²) < 4.78 is 33.6. The molecule has 3 saturated heterocycles. The van der Waals surface area contributed by atoms with E-state index in [0.29, 0.717) is 19.3 Å². The van der Waals surface area contributed by atoms with Crippen LogP contribution in [0.1, 0.15) is 108 Å². The molecule has 0 bridgehead atoms. The fourth-order valence-electron chi connectivity index (χ4n) is 10.1. The molecule has 0 spiro atoms. The van der Waals surface area contributed by atoms with Gasteiger partial charge in [-0.2, -0.15) is 0 Å². The predicted molar refractivity (Wildman–Crippen MR) is 220 cm³/mol. The van der Waals surface area contributed by atoms with Gasteiger partial charge in [-0.25, -0.2) is 14.8 Å². The first kappa shape index (κ1) is 46.6. The largest absolute Gasteiger partial charge is 0.457 e. The summed E-state index contributed by atoms with van der Waals surface area (Å²) in [5.74, 6) is -4.96. The lowest BCUT2D eigenvalue weighted by Crippen LogP contribution is -2.61. The number of aromatic nitrogens is 3. The minimum Gasteiger partial charge on any atom is -0.457 e. The van der Waals surface area contributed by atoms with Crippen molar-refractivity contribution in [3.8, 4) is 0 Å². The van der Waals surface area contributed by atoms with Crippen molar-refractivity contribution in [3.63, 3.8) is 0 Å². The van der Waals surface area contributed by atoms with Gasteiger partial charge in [-0.1, -0.05) is 34.6 Å². The van der Waals surface area contributed by atoms with Crippen molar-refractivity contribution in [2.24, 2.45) is 23.7 Å². The summed E-state index contributed by atoms with van der Waals surface area (Å²) in [6, 6.07) is 2.69. The van der Waals surface area contributed by atoms with Crippen molar-refractivity contribution in [2.45, 2.75) is 167 Å². The number of Topliss-reactive ketones (excluding diaryl/α,β-unsaturated/α-hetero) is 2. The van der Waals surface area contributed by atoms with Crippen LogP contribution in [-0.2, 0) is 43.6 Å². The van der Waals surface area contributed by atoms with E-state index in [9.17, 15) is 24.3 Å². The Hall–Kier alpha value is -3.50. The van der Waals surface area contributed by atoms with Gasteiger partial charge in [-0.15, -0.1) is 0 Å². The molecule has 13 atom stereocenters. The number of likely N-dealkylation sites (N-methyl/N-ethyl adjacent to an activating group) is 1. The highest BCUT2D eigenvalue weighted by atomic mass is 16.7. The molecule has 0 saturated carbocycles. The quantitative estimate of drug-likeness (QED) is 0.221. The molecule has 0 aliphatic carbocycles. The summed E-state index contributed by atoms with van der Waals surface area (Å²) in [7, 11) is 5.25. The van der Waals surface area contributed by atoms with E-state index in [2.05, 4.69) is 23.8 Å². The third-order valence-electron chi connectivity index (χ3n) is 13.6. The molecule has 2 aromatic heterocycles. The fourth-order valence-corrected chi connectivity index (χ4v) is 10.1. The van der Waals surface area contributed by atoms with Crippen molar-refractivity contribution < 1.29 is 48.0 Å². The lowest BCUT2D eigenvalue weighted by Gasteiger charge is -2.47. The number of carbonyl (C=O) groups is 4. The lowest BCUT2D eigenvalue weighted by molar-refractivity contribution is -0.295. The number of cyclic esters (lactones) is 1. The first-order valence-corrected chi connectivity index (χ1v) is 21.4. The predicted octanol–water partition coefficient (Wildman–Crippen LogP) is 5.54. The summed E-state index contributed by atoms with van der Waals surface area (Å²) in [5.41, 5.74) is -1.51. The third kappa shape index (κ3) is 8.96. The highest BCUT2D eigenvalue weighted by Crippen LogP contribution is 2.45. The third-order valence-corrected chi connectivity index (χ3v) is 13.6. The molecule has 0 aromatic carbocycles. The maximum atomic E-state index is 14.9. The van der Waals surface area contributed by atoms with E-state index in [1.54, 1.807) is 31.3 Å². The van der Waals surface area contributed by atoms with Crippen LogP contribution in [0.3, 0.4) is 0 Å². The van der Waals surface area contributed by atoms with E-state index in [-0.39, 0.29) is 43.7 Å². The number of nitrogens with zero attached hydrogens (tertiary/aromatic N) is 5. The lowest BCUT2D eigenvalue weighted by atomic mass is 9.72. The number of methoxy groups -OCH3 is 1. The van der Waals surface area contributed by atoms with Crippen LogP contribution in [0.25, 0.3) is 11.2 Å². The standard InChI is InChI=1S/C44H69N5O10/c1-14-32-44(15-2)36(48(41(54)59-44)21-17-19-42(8,9)49-24-46-30-18-16-20-45-38(30)49)27(5)33(50)25(3)23-43(10,55-13)37(28(6)34(51)29(7)39(53)57-32)58-40-35(52)31(47(11)12)22-26(4)56-40/h16,18,20,24-29,31-32,35-37,40,52H,14-15,17,19,21-23H2,1-13H3/t25-,26-,27+,28+,29-,31+,32-,35-,36-,37-,40?,43-,44-/m1/s1.